The maximum Gasteiger partial charge on any atom is 0.278 e. The van der Waals surface area contributed by atoms with Gasteiger partial charge in [0.25, 0.3) is 5.69 Å². The van der Waals surface area contributed by atoms with Crippen molar-refractivity contribution in [2.24, 2.45) is 4.99 Å². The third-order valence-electron chi connectivity index (χ3n) is 3.44. The molecule has 0 bridgehead atoms. The van der Waals surface area contributed by atoms with Crippen LogP contribution in [-0.2, 0) is 4.32 Å². The molecule has 0 N–H and O–H groups in total. The van der Waals surface area contributed by atoms with Crippen LogP contribution in [0.15, 0.2) is 53.5 Å². The first-order valence-electron chi connectivity index (χ1n) is 6.13. The normalized spacial score (nSPS) is 20.4. The summed E-state index contributed by atoms with van der Waals surface area (Å²) in [6.45, 7) is 1.97. The molecule has 1 unspecified atom stereocenters. The van der Waals surface area contributed by atoms with Gasteiger partial charge in [0.2, 0.25) is 0 Å². The molecule has 2 aromatic carbocycles. The second-order valence-corrected chi connectivity index (χ2v) is 6.34. The van der Waals surface area contributed by atoms with E-state index in [2.05, 4.69) is 20.9 Å². The van der Waals surface area contributed by atoms with Crippen LogP contribution in [0.1, 0.15) is 18.1 Å². The van der Waals surface area contributed by atoms with Crippen molar-refractivity contribution in [1.29, 1.82) is 0 Å². The number of nitro benzene ring substituents is 1. The van der Waals surface area contributed by atoms with Crippen molar-refractivity contribution in [3.63, 3.8) is 0 Å². The maximum absolute atomic E-state index is 11.2. The molecule has 0 amide bonds. The van der Waals surface area contributed by atoms with E-state index in [0.717, 1.165) is 11.3 Å². The molecule has 0 aromatic heterocycles. The summed E-state index contributed by atoms with van der Waals surface area (Å²) < 4.78 is -0.518. The highest BCUT2D eigenvalue weighted by Gasteiger charge is 2.39. The van der Waals surface area contributed by atoms with Gasteiger partial charge in [0.05, 0.1) is 26.2 Å². The Hall–Kier alpha value is -2.01. The highest BCUT2D eigenvalue weighted by atomic mass is 79.9. The summed E-state index contributed by atoms with van der Waals surface area (Å²) in [5.41, 5.74) is 3.16. The monoisotopic (exact) mass is 330 g/mol. The van der Waals surface area contributed by atoms with E-state index in [1.54, 1.807) is 18.2 Å². The zero-order valence-corrected chi connectivity index (χ0v) is 12.3. The van der Waals surface area contributed by atoms with Gasteiger partial charge in [-0.15, -0.1) is 0 Å². The minimum Gasteiger partial charge on any atom is -0.258 e. The van der Waals surface area contributed by atoms with Gasteiger partial charge < -0.3 is 0 Å². The van der Waals surface area contributed by atoms with Gasteiger partial charge in [-0.25, -0.2) is 0 Å². The number of para-hydroxylation sites is 2. The van der Waals surface area contributed by atoms with E-state index in [9.17, 15) is 10.1 Å². The SMILES string of the molecule is CC1(Br)C(c2ccccc2[N+](=O)[O-])=Nc2ccccc21. The quantitative estimate of drug-likeness (QED) is 0.467. The first-order valence-corrected chi connectivity index (χ1v) is 6.92. The van der Waals surface area contributed by atoms with Crippen LogP contribution >= 0.6 is 15.9 Å². The van der Waals surface area contributed by atoms with Gasteiger partial charge in [-0.05, 0) is 19.1 Å². The number of nitrogens with zero attached hydrogens (tertiary/aromatic N) is 2. The number of alkyl halides is 1. The Balaban J connectivity index is 2.21. The van der Waals surface area contributed by atoms with Crippen LogP contribution in [-0.4, -0.2) is 10.6 Å². The van der Waals surface area contributed by atoms with Crippen LogP contribution in [0.2, 0.25) is 0 Å². The standard InChI is InChI=1S/C15H11BrN2O2/c1-15(16)11-7-3-4-8-12(11)17-14(15)10-6-2-5-9-13(10)18(19)20/h2-9H,1H3. The number of nitro groups is 1. The van der Waals surface area contributed by atoms with Gasteiger partial charge in [0.15, 0.2) is 0 Å². The molecule has 5 heteroatoms. The van der Waals surface area contributed by atoms with Gasteiger partial charge in [-0.1, -0.05) is 46.3 Å². The van der Waals surface area contributed by atoms with E-state index < -0.39 is 4.32 Å². The third kappa shape index (κ3) is 1.86. The average Bonchev–Trinajstić information content (AvgIpc) is 2.71. The summed E-state index contributed by atoms with van der Waals surface area (Å²) in [7, 11) is 0. The molecule has 2 aromatic rings. The predicted octanol–water partition coefficient (Wildman–Crippen LogP) is 4.34. The van der Waals surface area contributed by atoms with Crippen molar-refractivity contribution in [3.8, 4) is 0 Å². The number of halogens is 1. The lowest BCUT2D eigenvalue weighted by Crippen LogP contribution is -2.23. The molecule has 4 nitrogen and oxygen atoms in total. The topological polar surface area (TPSA) is 55.5 Å². The molecule has 3 rings (SSSR count). The predicted molar refractivity (Wildman–Crippen MR) is 82.0 cm³/mol. The van der Waals surface area contributed by atoms with Crippen LogP contribution in [0, 0.1) is 10.1 Å². The Morgan fingerprint density at radius 3 is 2.50 bits per heavy atom. The summed E-state index contributed by atoms with van der Waals surface area (Å²) in [5, 5.41) is 11.2. The van der Waals surface area contributed by atoms with Gasteiger partial charge in [0, 0.05) is 11.6 Å². The molecule has 1 heterocycles. The number of rotatable bonds is 2. The Bertz CT molecular complexity index is 738. The minimum absolute atomic E-state index is 0.0738. The van der Waals surface area contributed by atoms with E-state index in [4.69, 9.17) is 0 Å². The molecule has 20 heavy (non-hydrogen) atoms. The summed E-state index contributed by atoms with van der Waals surface area (Å²) in [5.74, 6) is 0. The zero-order chi connectivity index (χ0) is 14.3. The Kier molecular flexibility index (Phi) is 2.94. The molecule has 0 radical (unpaired) electrons. The van der Waals surface area contributed by atoms with E-state index in [1.807, 2.05) is 31.2 Å². The van der Waals surface area contributed by atoms with Crippen molar-refractivity contribution in [1.82, 2.24) is 0 Å². The summed E-state index contributed by atoms with van der Waals surface area (Å²) in [4.78, 5) is 15.4. The number of benzene rings is 2. The van der Waals surface area contributed by atoms with Gasteiger partial charge in [-0.3, -0.25) is 15.1 Å². The molecule has 0 spiro atoms. The number of hydrogen-bond donors (Lipinski definition) is 0. The Morgan fingerprint density at radius 1 is 1.15 bits per heavy atom. The first-order chi connectivity index (χ1) is 9.51. The lowest BCUT2D eigenvalue weighted by Gasteiger charge is -2.20. The third-order valence-corrected chi connectivity index (χ3v) is 4.25. The molecular formula is C15H11BrN2O2. The maximum atomic E-state index is 11.2. The average molecular weight is 331 g/mol. The smallest absolute Gasteiger partial charge is 0.258 e. The second kappa shape index (κ2) is 4.52. The molecular weight excluding hydrogens is 320 g/mol. The minimum atomic E-state index is -0.518. The highest BCUT2D eigenvalue weighted by molar-refractivity contribution is 9.10. The number of hydrogen-bond acceptors (Lipinski definition) is 3. The van der Waals surface area contributed by atoms with Gasteiger partial charge in [0.1, 0.15) is 0 Å². The fourth-order valence-corrected chi connectivity index (χ4v) is 3.10. The lowest BCUT2D eigenvalue weighted by atomic mass is 9.92. The second-order valence-electron chi connectivity index (χ2n) is 4.75. The Labute approximate surface area is 124 Å². The molecule has 0 saturated heterocycles. The first kappa shape index (κ1) is 13.0. The Morgan fingerprint density at radius 2 is 1.80 bits per heavy atom. The van der Waals surface area contributed by atoms with E-state index in [0.29, 0.717) is 11.3 Å². The molecule has 0 aliphatic carbocycles. The molecule has 100 valence electrons. The zero-order valence-electron chi connectivity index (χ0n) is 10.7. The van der Waals surface area contributed by atoms with Crippen LogP contribution in [0.4, 0.5) is 11.4 Å². The fraction of sp³-hybridized carbons (Fsp3) is 0.133. The van der Waals surface area contributed by atoms with Crippen LogP contribution < -0.4 is 0 Å². The van der Waals surface area contributed by atoms with Gasteiger partial charge >= 0.3 is 0 Å². The summed E-state index contributed by atoms with van der Waals surface area (Å²) in [6.07, 6.45) is 0. The van der Waals surface area contributed by atoms with Crippen molar-refractivity contribution in [3.05, 3.63) is 69.8 Å². The van der Waals surface area contributed by atoms with E-state index in [1.165, 1.54) is 6.07 Å². The van der Waals surface area contributed by atoms with Crippen molar-refractivity contribution in [2.45, 2.75) is 11.2 Å². The van der Waals surface area contributed by atoms with E-state index >= 15 is 0 Å². The molecule has 1 aliphatic heterocycles. The van der Waals surface area contributed by atoms with E-state index in [-0.39, 0.29) is 10.6 Å². The van der Waals surface area contributed by atoms with Crippen LogP contribution in [0.3, 0.4) is 0 Å². The lowest BCUT2D eigenvalue weighted by molar-refractivity contribution is -0.385. The molecule has 0 saturated carbocycles. The largest absolute Gasteiger partial charge is 0.278 e. The van der Waals surface area contributed by atoms with Crippen LogP contribution in [0.5, 0.6) is 0 Å². The van der Waals surface area contributed by atoms with Crippen molar-refractivity contribution >= 4 is 33.0 Å². The van der Waals surface area contributed by atoms with Crippen molar-refractivity contribution in [2.75, 3.05) is 0 Å². The molecule has 0 fully saturated rings. The molecule has 1 atom stereocenters. The van der Waals surface area contributed by atoms with Gasteiger partial charge in [-0.2, -0.15) is 0 Å². The summed E-state index contributed by atoms with van der Waals surface area (Å²) in [6, 6.07) is 14.4. The summed E-state index contributed by atoms with van der Waals surface area (Å²) >= 11 is 3.67. The number of fused-ring (bicyclic) bond motifs is 1. The van der Waals surface area contributed by atoms with Crippen LogP contribution in [0.25, 0.3) is 0 Å². The fourth-order valence-electron chi connectivity index (χ4n) is 2.47. The van der Waals surface area contributed by atoms with Crippen molar-refractivity contribution < 1.29 is 4.92 Å². The highest BCUT2D eigenvalue weighted by Crippen LogP contribution is 2.47. The number of aliphatic imine (C=N–C) groups is 1. The molecule has 1 aliphatic rings.